The molecule has 0 bridgehead atoms. The van der Waals surface area contributed by atoms with Gasteiger partial charge in [-0.05, 0) is 37.3 Å². The summed E-state index contributed by atoms with van der Waals surface area (Å²) >= 11 is 1.38. The van der Waals surface area contributed by atoms with Crippen LogP contribution in [0, 0.1) is 0 Å². The number of rotatable bonds is 4. The summed E-state index contributed by atoms with van der Waals surface area (Å²) in [5.74, 6) is -0.0226. The highest BCUT2D eigenvalue weighted by Gasteiger charge is 2.48. The second-order valence-electron chi connectivity index (χ2n) is 7.85. The molecule has 2 fully saturated rings. The molecule has 2 amide bonds. The minimum Gasteiger partial charge on any atom is -0.371 e. The lowest BCUT2D eigenvalue weighted by molar-refractivity contribution is -0.123. The summed E-state index contributed by atoms with van der Waals surface area (Å²) in [7, 11) is 0. The van der Waals surface area contributed by atoms with Gasteiger partial charge < -0.3 is 10.1 Å². The first-order chi connectivity index (χ1) is 14.1. The van der Waals surface area contributed by atoms with Gasteiger partial charge in [-0.2, -0.15) is 0 Å². The van der Waals surface area contributed by atoms with Crippen LogP contribution in [-0.4, -0.2) is 53.2 Å². The number of amides is 2. The average Bonchev–Trinajstić information content (AvgIpc) is 3.45. The van der Waals surface area contributed by atoms with Crippen LogP contribution in [0.15, 0.2) is 24.3 Å². The maximum absolute atomic E-state index is 12.7. The van der Waals surface area contributed by atoms with E-state index < -0.39 is 5.41 Å². The Morgan fingerprint density at radius 1 is 1.31 bits per heavy atom. The molecule has 2 saturated heterocycles. The maximum atomic E-state index is 12.7. The second-order valence-corrected chi connectivity index (χ2v) is 8.86. The predicted octanol–water partition coefficient (Wildman–Crippen LogP) is 2.31. The average molecular weight is 414 g/mol. The number of likely N-dealkylation sites (tertiary alicyclic amines) is 1. The highest BCUT2D eigenvalue weighted by atomic mass is 32.1. The second kappa shape index (κ2) is 7.47. The number of nitrogens with zero attached hydrogens (tertiary/aromatic N) is 3. The molecular weight excluding hydrogens is 390 g/mol. The number of hydrogen-bond donors (Lipinski definition) is 2. The fourth-order valence-electron chi connectivity index (χ4n) is 4.51. The molecule has 1 spiro atoms. The van der Waals surface area contributed by atoms with Gasteiger partial charge in [0.05, 0.1) is 12.0 Å². The number of piperidine rings is 1. The molecule has 2 aromatic rings. The number of anilines is 2. The highest BCUT2D eigenvalue weighted by molar-refractivity contribution is 7.15. The number of benzene rings is 1. The molecular formula is C20H23N5O3S. The summed E-state index contributed by atoms with van der Waals surface area (Å²) in [6.45, 7) is 2.44. The summed E-state index contributed by atoms with van der Waals surface area (Å²) in [6.07, 6.45) is 3.42. The Labute approximate surface area is 172 Å². The van der Waals surface area contributed by atoms with Gasteiger partial charge in [-0.3, -0.25) is 19.8 Å². The number of ether oxygens (including phenoxy) is 1. The van der Waals surface area contributed by atoms with Crippen molar-refractivity contribution in [1.82, 2.24) is 15.1 Å². The zero-order valence-corrected chi connectivity index (χ0v) is 16.8. The normalized spacial score (nSPS) is 23.2. The first kappa shape index (κ1) is 18.7. The lowest BCUT2D eigenvalue weighted by atomic mass is 9.73. The third kappa shape index (κ3) is 3.43. The third-order valence-corrected chi connectivity index (χ3v) is 7.03. The van der Waals surface area contributed by atoms with E-state index in [4.69, 9.17) is 4.74 Å². The molecule has 9 heteroatoms. The minimum atomic E-state index is -0.459. The number of para-hydroxylation sites is 1. The monoisotopic (exact) mass is 413 g/mol. The Morgan fingerprint density at radius 2 is 2.14 bits per heavy atom. The lowest BCUT2D eigenvalue weighted by Gasteiger charge is -2.37. The Balaban J connectivity index is 1.17. The summed E-state index contributed by atoms with van der Waals surface area (Å²) < 4.78 is 5.61. The largest absolute Gasteiger partial charge is 0.371 e. The number of nitrogens with one attached hydrogen (secondary N) is 2. The molecule has 8 nitrogen and oxygen atoms in total. The van der Waals surface area contributed by atoms with Crippen molar-refractivity contribution in [2.45, 2.75) is 37.2 Å². The van der Waals surface area contributed by atoms with Gasteiger partial charge in [-0.1, -0.05) is 29.5 Å². The Bertz CT molecular complexity index is 932. The van der Waals surface area contributed by atoms with E-state index in [1.165, 1.54) is 11.3 Å². The molecule has 152 valence electrons. The van der Waals surface area contributed by atoms with Gasteiger partial charge in [0.15, 0.2) is 0 Å². The number of carbonyl (C=O) groups is 2. The van der Waals surface area contributed by atoms with Crippen molar-refractivity contribution >= 4 is 34.0 Å². The van der Waals surface area contributed by atoms with Crippen LogP contribution in [0.5, 0.6) is 0 Å². The van der Waals surface area contributed by atoms with Crippen LogP contribution >= 0.6 is 11.3 Å². The fraction of sp³-hybridized carbons (Fsp3) is 0.500. The van der Waals surface area contributed by atoms with Gasteiger partial charge in [0.1, 0.15) is 11.1 Å². The van der Waals surface area contributed by atoms with Crippen molar-refractivity contribution in [3.63, 3.8) is 0 Å². The van der Waals surface area contributed by atoms with Crippen LogP contribution in [0.2, 0.25) is 0 Å². The van der Waals surface area contributed by atoms with Crippen LogP contribution in [0.25, 0.3) is 0 Å². The van der Waals surface area contributed by atoms with Gasteiger partial charge in [0.2, 0.25) is 16.9 Å². The van der Waals surface area contributed by atoms with E-state index in [0.29, 0.717) is 31.1 Å². The third-order valence-electron chi connectivity index (χ3n) is 6.09. The molecule has 1 aromatic heterocycles. The van der Waals surface area contributed by atoms with Gasteiger partial charge in [-0.15, -0.1) is 10.2 Å². The zero-order valence-electron chi connectivity index (χ0n) is 16.0. The molecule has 3 aliphatic heterocycles. The van der Waals surface area contributed by atoms with E-state index >= 15 is 0 Å². The van der Waals surface area contributed by atoms with Crippen LogP contribution in [0.1, 0.15) is 42.4 Å². The molecule has 4 heterocycles. The number of hydrogen-bond acceptors (Lipinski definition) is 7. The topological polar surface area (TPSA) is 96.5 Å². The van der Waals surface area contributed by atoms with Crippen LogP contribution in [-0.2, 0) is 19.7 Å². The first-order valence-electron chi connectivity index (χ1n) is 10.0. The number of fused-ring (bicyclic) bond motifs is 2. The Morgan fingerprint density at radius 3 is 2.93 bits per heavy atom. The SMILES string of the molecule is O=C(CN1CCC2(CC1)C(=O)Nc1ccccc12)Nc1nnc(C2CCCO2)s1. The van der Waals surface area contributed by atoms with Crippen molar-refractivity contribution in [2.75, 3.05) is 36.9 Å². The minimum absolute atomic E-state index is 0.0110. The van der Waals surface area contributed by atoms with Crippen molar-refractivity contribution < 1.29 is 14.3 Å². The highest BCUT2D eigenvalue weighted by Crippen LogP contribution is 2.44. The molecule has 5 rings (SSSR count). The molecule has 0 radical (unpaired) electrons. The van der Waals surface area contributed by atoms with Crippen LogP contribution in [0.4, 0.5) is 10.8 Å². The quantitative estimate of drug-likeness (QED) is 0.799. The van der Waals surface area contributed by atoms with E-state index in [0.717, 1.165) is 35.7 Å². The summed E-state index contributed by atoms with van der Waals surface area (Å²) in [4.78, 5) is 27.2. The van der Waals surface area contributed by atoms with Gasteiger partial charge in [0.25, 0.3) is 0 Å². The summed E-state index contributed by atoms with van der Waals surface area (Å²) in [5.41, 5.74) is 1.55. The maximum Gasteiger partial charge on any atom is 0.240 e. The number of carbonyl (C=O) groups excluding carboxylic acids is 2. The van der Waals surface area contributed by atoms with Crippen molar-refractivity contribution in [3.05, 3.63) is 34.8 Å². The van der Waals surface area contributed by atoms with Crippen molar-refractivity contribution in [3.8, 4) is 0 Å². The summed E-state index contributed by atoms with van der Waals surface area (Å²) in [6, 6.07) is 7.91. The molecule has 0 saturated carbocycles. The van der Waals surface area contributed by atoms with Crippen LogP contribution in [0.3, 0.4) is 0 Å². The smallest absolute Gasteiger partial charge is 0.240 e. The molecule has 2 N–H and O–H groups in total. The number of aromatic nitrogens is 2. The van der Waals surface area contributed by atoms with E-state index in [1.807, 2.05) is 24.3 Å². The van der Waals surface area contributed by atoms with Gasteiger partial charge in [0, 0.05) is 25.4 Å². The molecule has 29 heavy (non-hydrogen) atoms. The Kier molecular flexibility index (Phi) is 4.81. The molecule has 1 unspecified atom stereocenters. The van der Waals surface area contributed by atoms with Crippen LogP contribution < -0.4 is 10.6 Å². The first-order valence-corrected chi connectivity index (χ1v) is 10.8. The lowest BCUT2D eigenvalue weighted by Crippen LogP contribution is -2.48. The van der Waals surface area contributed by atoms with E-state index in [-0.39, 0.29) is 24.5 Å². The fourth-order valence-corrected chi connectivity index (χ4v) is 5.36. The van der Waals surface area contributed by atoms with E-state index in [9.17, 15) is 9.59 Å². The van der Waals surface area contributed by atoms with Crippen molar-refractivity contribution in [2.24, 2.45) is 0 Å². The van der Waals surface area contributed by atoms with Gasteiger partial charge >= 0.3 is 0 Å². The molecule has 3 aliphatic rings. The predicted molar refractivity (Wildman–Crippen MR) is 109 cm³/mol. The van der Waals surface area contributed by atoms with E-state index in [1.54, 1.807) is 0 Å². The molecule has 1 aromatic carbocycles. The zero-order chi connectivity index (χ0) is 19.8. The molecule has 1 atom stereocenters. The molecule has 0 aliphatic carbocycles. The van der Waals surface area contributed by atoms with Crippen molar-refractivity contribution in [1.29, 1.82) is 0 Å². The standard InChI is InChI=1S/C20H23N5O3S/c26-16(22-19-24-23-17(29-19)15-6-3-11-28-15)12-25-9-7-20(8-10-25)13-4-1-2-5-14(13)21-18(20)27/h1-2,4-5,15H,3,6-12H2,(H,21,27)(H,22,24,26). The van der Waals surface area contributed by atoms with E-state index in [2.05, 4.69) is 25.7 Å². The summed E-state index contributed by atoms with van der Waals surface area (Å²) in [5, 5.41) is 15.4. The Hall–Kier alpha value is -2.36. The van der Waals surface area contributed by atoms with Gasteiger partial charge in [-0.25, -0.2) is 0 Å².